The van der Waals surface area contributed by atoms with Crippen LogP contribution in [-0.2, 0) is 14.3 Å². The number of carbonyl (C=O) groups excluding carboxylic acids is 1. The lowest BCUT2D eigenvalue weighted by atomic mass is 10.0. The number of rotatable bonds is 10. The van der Waals surface area contributed by atoms with E-state index < -0.39 is 5.60 Å². The third-order valence-corrected chi connectivity index (χ3v) is 4.42. The van der Waals surface area contributed by atoms with Gasteiger partial charge in [0.05, 0.1) is 18.5 Å². The summed E-state index contributed by atoms with van der Waals surface area (Å²) < 4.78 is 16.4. The van der Waals surface area contributed by atoms with Gasteiger partial charge in [0.1, 0.15) is 17.9 Å². The van der Waals surface area contributed by atoms with Gasteiger partial charge in [0.2, 0.25) is 5.88 Å². The molecule has 3 aromatic rings. The van der Waals surface area contributed by atoms with E-state index in [0.717, 1.165) is 35.4 Å². The van der Waals surface area contributed by atoms with Gasteiger partial charge in [-0.3, -0.25) is 0 Å². The predicted octanol–water partition coefficient (Wildman–Crippen LogP) is 5.33. The van der Waals surface area contributed by atoms with Gasteiger partial charge in [0.25, 0.3) is 0 Å². The van der Waals surface area contributed by atoms with Crippen LogP contribution in [0.25, 0.3) is 22.5 Å². The van der Waals surface area contributed by atoms with Crippen molar-refractivity contribution < 1.29 is 19.0 Å². The first kappa shape index (κ1) is 23.4. The van der Waals surface area contributed by atoms with E-state index in [4.69, 9.17) is 19.2 Å². The minimum atomic E-state index is -0.496. The molecule has 0 aliphatic rings. The zero-order valence-corrected chi connectivity index (χ0v) is 18.9. The Bertz CT molecular complexity index is 986. The lowest BCUT2D eigenvalue weighted by Gasteiger charge is -2.19. The van der Waals surface area contributed by atoms with Gasteiger partial charge < -0.3 is 14.2 Å². The normalized spacial score (nSPS) is 11.2. The SMILES string of the molecule is CC(C)(C)OC(=O)COCCCCOc1cnc(-c2ccccc2)c(-c2ccccc2)n1. The molecule has 0 spiro atoms. The monoisotopic (exact) mass is 434 g/mol. The number of esters is 1. The smallest absolute Gasteiger partial charge is 0.332 e. The Morgan fingerprint density at radius 2 is 1.44 bits per heavy atom. The summed E-state index contributed by atoms with van der Waals surface area (Å²) >= 11 is 0. The fourth-order valence-electron chi connectivity index (χ4n) is 3.06. The average Bonchev–Trinajstić information content (AvgIpc) is 2.78. The molecular weight excluding hydrogens is 404 g/mol. The maximum atomic E-state index is 11.6. The second-order valence-corrected chi connectivity index (χ2v) is 8.33. The van der Waals surface area contributed by atoms with E-state index in [-0.39, 0.29) is 12.6 Å². The highest BCUT2D eigenvalue weighted by Crippen LogP contribution is 2.30. The van der Waals surface area contributed by atoms with Crippen LogP contribution in [0.4, 0.5) is 0 Å². The minimum absolute atomic E-state index is 0.0367. The Labute approximate surface area is 189 Å². The molecule has 0 radical (unpaired) electrons. The van der Waals surface area contributed by atoms with Crippen molar-refractivity contribution in [3.63, 3.8) is 0 Å². The van der Waals surface area contributed by atoms with E-state index in [1.807, 2.05) is 81.4 Å². The molecule has 6 heteroatoms. The fraction of sp³-hybridized carbons (Fsp3) is 0.346. The van der Waals surface area contributed by atoms with Crippen LogP contribution < -0.4 is 4.74 Å². The number of hydrogen-bond acceptors (Lipinski definition) is 6. The molecule has 0 aliphatic heterocycles. The number of carbonyl (C=O) groups is 1. The summed E-state index contributed by atoms with van der Waals surface area (Å²) in [4.78, 5) is 21.0. The number of hydrogen-bond donors (Lipinski definition) is 0. The molecule has 32 heavy (non-hydrogen) atoms. The fourth-order valence-corrected chi connectivity index (χ4v) is 3.06. The Balaban J connectivity index is 1.53. The largest absolute Gasteiger partial charge is 0.477 e. The maximum absolute atomic E-state index is 11.6. The van der Waals surface area contributed by atoms with Crippen LogP contribution in [-0.4, -0.2) is 41.4 Å². The first-order valence-electron chi connectivity index (χ1n) is 10.8. The lowest BCUT2D eigenvalue weighted by Crippen LogP contribution is -2.26. The summed E-state index contributed by atoms with van der Waals surface area (Å²) in [5.74, 6) is 0.133. The molecule has 0 fully saturated rings. The maximum Gasteiger partial charge on any atom is 0.332 e. The van der Waals surface area contributed by atoms with Crippen LogP contribution in [0, 0.1) is 0 Å². The molecular formula is C26H30N2O4. The predicted molar refractivity (Wildman–Crippen MR) is 124 cm³/mol. The van der Waals surface area contributed by atoms with Gasteiger partial charge in [-0.05, 0) is 33.6 Å². The number of aromatic nitrogens is 2. The van der Waals surface area contributed by atoms with E-state index in [0.29, 0.717) is 19.1 Å². The summed E-state index contributed by atoms with van der Waals surface area (Å²) in [7, 11) is 0. The highest BCUT2D eigenvalue weighted by molar-refractivity contribution is 5.77. The van der Waals surface area contributed by atoms with Gasteiger partial charge in [0, 0.05) is 17.7 Å². The molecule has 0 saturated carbocycles. The van der Waals surface area contributed by atoms with Crippen molar-refractivity contribution in [2.75, 3.05) is 19.8 Å². The van der Waals surface area contributed by atoms with Crippen molar-refractivity contribution in [3.05, 3.63) is 66.9 Å². The lowest BCUT2D eigenvalue weighted by molar-refractivity contribution is -0.160. The van der Waals surface area contributed by atoms with Gasteiger partial charge in [-0.2, -0.15) is 0 Å². The second-order valence-electron chi connectivity index (χ2n) is 8.33. The van der Waals surface area contributed by atoms with E-state index in [2.05, 4.69) is 4.98 Å². The van der Waals surface area contributed by atoms with Crippen molar-refractivity contribution in [1.29, 1.82) is 0 Å². The Morgan fingerprint density at radius 1 is 0.844 bits per heavy atom. The highest BCUT2D eigenvalue weighted by Gasteiger charge is 2.16. The van der Waals surface area contributed by atoms with E-state index >= 15 is 0 Å². The minimum Gasteiger partial charge on any atom is -0.477 e. The first-order valence-corrected chi connectivity index (χ1v) is 10.8. The van der Waals surface area contributed by atoms with Gasteiger partial charge >= 0.3 is 5.97 Å². The average molecular weight is 435 g/mol. The topological polar surface area (TPSA) is 70.5 Å². The molecule has 0 N–H and O–H groups in total. The Morgan fingerprint density at radius 3 is 2.06 bits per heavy atom. The third kappa shape index (κ3) is 7.46. The number of nitrogens with zero attached hydrogens (tertiary/aromatic N) is 2. The van der Waals surface area contributed by atoms with Crippen LogP contribution >= 0.6 is 0 Å². The van der Waals surface area contributed by atoms with Crippen molar-refractivity contribution in [2.24, 2.45) is 0 Å². The highest BCUT2D eigenvalue weighted by atomic mass is 16.6. The second kappa shape index (κ2) is 11.4. The molecule has 0 unspecified atom stereocenters. The van der Waals surface area contributed by atoms with E-state index in [1.54, 1.807) is 6.20 Å². The molecule has 0 aliphatic carbocycles. The molecule has 0 bridgehead atoms. The van der Waals surface area contributed by atoms with Gasteiger partial charge in [-0.15, -0.1) is 0 Å². The number of benzene rings is 2. The molecule has 3 rings (SSSR count). The molecule has 168 valence electrons. The van der Waals surface area contributed by atoms with Crippen molar-refractivity contribution in [2.45, 2.75) is 39.2 Å². The molecule has 0 atom stereocenters. The van der Waals surface area contributed by atoms with Gasteiger partial charge in [-0.1, -0.05) is 60.7 Å². The molecule has 1 heterocycles. The summed E-state index contributed by atoms with van der Waals surface area (Å²) in [5.41, 5.74) is 3.10. The summed E-state index contributed by atoms with van der Waals surface area (Å²) in [6.07, 6.45) is 3.20. The standard InChI is InChI=1S/C26H30N2O4/c1-26(2,3)32-23(29)19-30-16-10-11-17-31-22-18-27-24(20-12-6-4-7-13-20)25(28-22)21-14-8-5-9-15-21/h4-9,12-15,18H,10-11,16-17,19H2,1-3H3. The molecule has 0 saturated heterocycles. The summed E-state index contributed by atoms with van der Waals surface area (Å²) in [6, 6.07) is 20.0. The van der Waals surface area contributed by atoms with Gasteiger partial charge in [0.15, 0.2) is 0 Å². The molecule has 2 aromatic carbocycles. The number of ether oxygens (including phenoxy) is 3. The Kier molecular flexibility index (Phi) is 8.34. The van der Waals surface area contributed by atoms with E-state index in [1.165, 1.54) is 0 Å². The van der Waals surface area contributed by atoms with Crippen LogP contribution in [0.5, 0.6) is 5.88 Å². The van der Waals surface area contributed by atoms with Crippen LogP contribution in [0.15, 0.2) is 66.9 Å². The summed E-state index contributed by atoms with van der Waals surface area (Å²) in [5, 5.41) is 0. The summed E-state index contributed by atoms with van der Waals surface area (Å²) in [6.45, 7) is 6.42. The third-order valence-electron chi connectivity index (χ3n) is 4.42. The Hall–Kier alpha value is -3.25. The quantitative estimate of drug-likeness (QED) is 0.317. The van der Waals surface area contributed by atoms with Crippen molar-refractivity contribution in [1.82, 2.24) is 9.97 Å². The molecule has 1 aromatic heterocycles. The van der Waals surface area contributed by atoms with Gasteiger partial charge in [-0.25, -0.2) is 14.8 Å². The van der Waals surface area contributed by atoms with Crippen LogP contribution in [0.1, 0.15) is 33.6 Å². The number of unbranched alkanes of at least 4 members (excludes halogenated alkanes) is 1. The van der Waals surface area contributed by atoms with Crippen molar-refractivity contribution >= 4 is 5.97 Å². The zero-order chi connectivity index (χ0) is 22.8. The van der Waals surface area contributed by atoms with Crippen LogP contribution in [0.3, 0.4) is 0 Å². The van der Waals surface area contributed by atoms with Crippen LogP contribution in [0.2, 0.25) is 0 Å². The molecule has 0 amide bonds. The zero-order valence-electron chi connectivity index (χ0n) is 18.9. The first-order chi connectivity index (χ1) is 15.4. The van der Waals surface area contributed by atoms with Crippen molar-refractivity contribution in [3.8, 4) is 28.4 Å². The molecule has 6 nitrogen and oxygen atoms in total. The van der Waals surface area contributed by atoms with E-state index in [9.17, 15) is 4.79 Å².